The van der Waals surface area contributed by atoms with Crippen molar-refractivity contribution < 1.29 is 4.92 Å². The summed E-state index contributed by atoms with van der Waals surface area (Å²) in [6, 6.07) is 0.0517. The average molecular weight is 240 g/mol. The van der Waals surface area contributed by atoms with Gasteiger partial charge < -0.3 is 5.32 Å². The van der Waals surface area contributed by atoms with Crippen molar-refractivity contribution in [1.29, 1.82) is 0 Å². The molecular formula is C9H16N6O2. The maximum absolute atomic E-state index is 11.0. The topological polar surface area (TPSA) is 96.2 Å². The van der Waals surface area contributed by atoms with Gasteiger partial charge in [0.25, 0.3) is 0 Å². The standard InChI is InChI=1S/C9H16N6O2/c1-6(2)12-8-7(15(16)17)9(11-5-10-8)13-14(3)4/h5-6H,1-4H3,(H2,10,11,12,13). The lowest BCUT2D eigenvalue weighted by Gasteiger charge is -2.14. The van der Waals surface area contributed by atoms with Gasteiger partial charge in [0.1, 0.15) is 6.33 Å². The SMILES string of the molecule is CC(C)Nc1ncnc(NN(C)C)c1[N+](=O)[O-]. The Morgan fingerprint density at radius 2 is 1.94 bits per heavy atom. The molecule has 1 rings (SSSR count). The van der Waals surface area contributed by atoms with Crippen LogP contribution in [0.5, 0.6) is 0 Å². The number of hydrogen-bond donors (Lipinski definition) is 2. The minimum absolute atomic E-state index is 0.0517. The number of anilines is 2. The molecule has 0 aromatic carbocycles. The molecule has 0 saturated heterocycles. The van der Waals surface area contributed by atoms with E-state index in [4.69, 9.17) is 0 Å². The molecule has 0 radical (unpaired) electrons. The normalized spacial score (nSPS) is 10.7. The van der Waals surface area contributed by atoms with E-state index in [9.17, 15) is 10.1 Å². The second-order valence-electron chi connectivity index (χ2n) is 3.98. The van der Waals surface area contributed by atoms with Gasteiger partial charge >= 0.3 is 5.69 Å². The Morgan fingerprint density at radius 1 is 1.35 bits per heavy atom. The Labute approximate surface area is 99.2 Å². The number of rotatable bonds is 5. The number of hydrazine groups is 1. The second kappa shape index (κ2) is 5.39. The van der Waals surface area contributed by atoms with E-state index in [2.05, 4.69) is 20.7 Å². The molecular weight excluding hydrogens is 224 g/mol. The minimum atomic E-state index is -0.503. The molecule has 8 heteroatoms. The molecule has 0 atom stereocenters. The van der Waals surface area contributed by atoms with Crippen LogP contribution in [0.3, 0.4) is 0 Å². The van der Waals surface area contributed by atoms with Crippen molar-refractivity contribution in [1.82, 2.24) is 15.0 Å². The first kappa shape index (κ1) is 13.1. The van der Waals surface area contributed by atoms with E-state index in [-0.39, 0.29) is 23.4 Å². The van der Waals surface area contributed by atoms with Crippen LogP contribution >= 0.6 is 0 Å². The monoisotopic (exact) mass is 240 g/mol. The van der Waals surface area contributed by atoms with E-state index in [1.807, 2.05) is 13.8 Å². The third-order valence-electron chi connectivity index (χ3n) is 1.76. The Hall–Kier alpha value is -1.96. The van der Waals surface area contributed by atoms with Gasteiger partial charge in [-0.3, -0.25) is 15.5 Å². The fourth-order valence-electron chi connectivity index (χ4n) is 1.22. The quantitative estimate of drug-likeness (QED) is 0.587. The van der Waals surface area contributed by atoms with Crippen molar-refractivity contribution in [3.05, 3.63) is 16.4 Å². The largest absolute Gasteiger partial charge is 0.362 e. The lowest BCUT2D eigenvalue weighted by Crippen LogP contribution is -2.22. The Bertz CT molecular complexity index is 378. The van der Waals surface area contributed by atoms with Crippen LogP contribution in [-0.4, -0.2) is 40.0 Å². The van der Waals surface area contributed by atoms with Crippen LogP contribution in [-0.2, 0) is 0 Å². The van der Waals surface area contributed by atoms with Crippen LogP contribution < -0.4 is 10.7 Å². The van der Waals surface area contributed by atoms with E-state index in [0.29, 0.717) is 0 Å². The summed E-state index contributed by atoms with van der Waals surface area (Å²) in [6.45, 7) is 3.76. The molecule has 1 heterocycles. The number of nitrogens with zero attached hydrogens (tertiary/aromatic N) is 4. The molecule has 17 heavy (non-hydrogen) atoms. The first-order valence-corrected chi connectivity index (χ1v) is 5.11. The van der Waals surface area contributed by atoms with Crippen molar-refractivity contribution in [3.63, 3.8) is 0 Å². The number of hydrogen-bond acceptors (Lipinski definition) is 7. The van der Waals surface area contributed by atoms with Crippen LogP contribution in [0, 0.1) is 10.1 Å². The Kier molecular flexibility index (Phi) is 4.16. The van der Waals surface area contributed by atoms with Gasteiger partial charge in [0.2, 0.25) is 11.6 Å². The van der Waals surface area contributed by atoms with E-state index in [1.165, 1.54) is 6.33 Å². The zero-order valence-electron chi connectivity index (χ0n) is 10.3. The highest BCUT2D eigenvalue weighted by molar-refractivity contribution is 5.69. The number of nitro groups is 1. The van der Waals surface area contributed by atoms with Crippen LogP contribution in [0.25, 0.3) is 0 Å². The maximum Gasteiger partial charge on any atom is 0.354 e. The predicted molar refractivity (Wildman–Crippen MR) is 64.8 cm³/mol. The molecule has 94 valence electrons. The van der Waals surface area contributed by atoms with Crippen molar-refractivity contribution in [2.45, 2.75) is 19.9 Å². The van der Waals surface area contributed by atoms with Crippen LogP contribution in [0.4, 0.5) is 17.3 Å². The van der Waals surface area contributed by atoms with E-state index in [1.54, 1.807) is 19.1 Å². The molecule has 0 aliphatic carbocycles. The Balaban J connectivity index is 3.17. The molecule has 1 aromatic rings. The molecule has 0 aliphatic heterocycles. The minimum Gasteiger partial charge on any atom is -0.362 e. The van der Waals surface area contributed by atoms with Gasteiger partial charge in [-0.05, 0) is 13.8 Å². The van der Waals surface area contributed by atoms with Crippen LogP contribution in [0.1, 0.15) is 13.8 Å². The molecule has 8 nitrogen and oxygen atoms in total. The molecule has 0 fully saturated rings. The highest BCUT2D eigenvalue weighted by Crippen LogP contribution is 2.29. The van der Waals surface area contributed by atoms with E-state index in [0.717, 1.165) is 0 Å². The molecule has 0 saturated carbocycles. The summed E-state index contributed by atoms with van der Waals surface area (Å²) in [5.41, 5.74) is 2.61. The summed E-state index contributed by atoms with van der Waals surface area (Å²) in [5.74, 6) is 0.377. The molecule has 0 amide bonds. The van der Waals surface area contributed by atoms with Crippen molar-refractivity contribution in [2.24, 2.45) is 0 Å². The van der Waals surface area contributed by atoms with E-state index < -0.39 is 4.92 Å². The zero-order valence-corrected chi connectivity index (χ0v) is 10.3. The Morgan fingerprint density at radius 3 is 2.41 bits per heavy atom. The van der Waals surface area contributed by atoms with Gasteiger partial charge in [0, 0.05) is 20.1 Å². The molecule has 0 unspecified atom stereocenters. The average Bonchev–Trinajstić information content (AvgIpc) is 2.14. The van der Waals surface area contributed by atoms with Gasteiger partial charge in [0.05, 0.1) is 4.92 Å². The lowest BCUT2D eigenvalue weighted by molar-refractivity contribution is -0.383. The third kappa shape index (κ3) is 3.52. The summed E-state index contributed by atoms with van der Waals surface area (Å²) in [5, 5.41) is 15.5. The first-order chi connectivity index (χ1) is 7.91. The van der Waals surface area contributed by atoms with Crippen LogP contribution in [0.2, 0.25) is 0 Å². The van der Waals surface area contributed by atoms with Gasteiger partial charge in [0.15, 0.2) is 0 Å². The maximum atomic E-state index is 11.0. The van der Waals surface area contributed by atoms with E-state index >= 15 is 0 Å². The number of aromatic nitrogens is 2. The van der Waals surface area contributed by atoms with Gasteiger partial charge in [-0.15, -0.1) is 0 Å². The smallest absolute Gasteiger partial charge is 0.354 e. The fourth-order valence-corrected chi connectivity index (χ4v) is 1.22. The van der Waals surface area contributed by atoms with Gasteiger partial charge in [-0.25, -0.2) is 15.0 Å². The second-order valence-corrected chi connectivity index (χ2v) is 3.98. The zero-order chi connectivity index (χ0) is 13.0. The number of nitrogens with one attached hydrogen (secondary N) is 2. The summed E-state index contributed by atoms with van der Waals surface area (Å²) >= 11 is 0. The fraction of sp³-hybridized carbons (Fsp3) is 0.556. The third-order valence-corrected chi connectivity index (χ3v) is 1.76. The summed E-state index contributed by atoms with van der Waals surface area (Å²) in [4.78, 5) is 18.3. The van der Waals surface area contributed by atoms with Crippen molar-refractivity contribution >= 4 is 17.3 Å². The first-order valence-electron chi connectivity index (χ1n) is 5.11. The molecule has 0 spiro atoms. The highest BCUT2D eigenvalue weighted by atomic mass is 16.6. The molecule has 0 bridgehead atoms. The summed E-state index contributed by atoms with van der Waals surface area (Å²) < 4.78 is 0. The van der Waals surface area contributed by atoms with Gasteiger partial charge in [-0.2, -0.15) is 0 Å². The molecule has 0 aliphatic rings. The highest BCUT2D eigenvalue weighted by Gasteiger charge is 2.23. The summed E-state index contributed by atoms with van der Waals surface area (Å²) in [7, 11) is 3.45. The van der Waals surface area contributed by atoms with Crippen molar-refractivity contribution in [2.75, 3.05) is 24.8 Å². The van der Waals surface area contributed by atoms with Gasteiger partial charge in [-0.1, -0.05) is 0 Å². The predicted octanol–water partition coefficient (Wildman–Crippen LogP) is 1.09. The molecule has 1 aromatic heterocycles. The lowest BCUT2D eigenvalue weighted by atomic mass is 10.3. The van der Waals surface area contributed by atoms with Crippen LogP contribution in [0.15, 0.2) is 6.33 Å². The van der Waals surface area contributed by atoms with Crippen molar-refractivity contribution in [3.8, 4) is 0 Å². The summed E-state index contributed by atoms with van der Waals surface area (Å²) in [6.07, 6.45) is 1.28. The molecule has 2 N–H and O–H groups in total.